The summed E-state index contributed by atoms with van der Waals surface area (Å²) in [7, 11) is 0. The smallest absolute Gasteiger partial charge is 0.0434 e. The molecule has 1 aromatic carbocycles. The molecule has 1 aliphatic rings. The molecule has 0 amide bonds. The Labute approximate surface area is 117 Å². The molecule has 1 atom stereocenters. The Hall–Kier alpha value is -1.02. The molecule has 2 rings (SSSR count). The van der Waals surface area contributed by atoms with Crippen molar-refractivity contribution >= 4 is 5.69 Å². The quantitative estimate of drug-likeness (QED) is 0.897. The lowest BCUT2D eigenvalue weighted by atomic mass is 9.76. The second kappa shape index (κ2) is 5.54. The zero-order valence-corrected chi connectivity index (χ0v) is 12.7. The van der Waals surface area contributed by atoms with Crippen molar-refractivity contribution in [1.82, 2.24) is 0 Å². The Balaban J connectivity index is 2.35. The molecule has 2 nitrogen and oxygen atoms in total. The van der Waals surface area contributed by atoms with Crippen molar-refractivity contribution in [3.8, 4) is 0 Å². The van der Waals surface area contributed by atoms with Crippen molar-refractivity contribution in [3.05, 3.63) is 29.3 Å². The molecule has 1 aliphatic heterocycles. The molecule has 1 fully saturated rings. The minimum absolute atomic E-state index is 0.125. The second-order valence-corrected chi connectivity index (χ2v) is 6.38. The second-order valence-electron chi connectivity index (χ2n) is 6.38. The highest BCUT2D eigenvalue weighted by Gasteiger charge is 2.38. The van der Waals surface area contributed by atoms with Crippen molar-refractivity contribution in [2.24, 2.45) is 5.92 Å². The Morgan fingerprint density at radius 1 is 1.32 bits per heavy atom. The lowest BCUT2D eigenvalue weighted by Crippen LogP contribution is -2.54. The van der Waals surface area contributed by atoms with E-state index in [1.165, 1.54) is 29.7 Å². The van der Waals surface area contributed by atoms with Crippen LogP contribution in [0.25, 0.3) is 0 Å². The maximum absolute atomic E-state index is 9.29. The third kappa shape index (κ3) is 2.64. The number of hydrogen-bond acceptors (Lipinski definition) is 2. The largest absolute Gasteiger partial charge is 0.396 e. The Morgan fingerprint density at radius 2 is 2.05 bits per heavy atom. The fourth-order valence-electron chi connectivity index (χ4n) is 3.47. The molecule has 0 aliphatic carbocycles. The molecule has 1 unspecified atom stereocenters. The first-order valence-corrected chi connectivity index (χ1v) is 7.43. The van der Waals surface area contributed by atoms with E-state index in [0.717, 1.165) is 13.0 Å². The summed E-state index contributed by atoms with van der Waals surface area (Å²) >= 11 is 0. The number of aryl methyl sites for hydroxylation is 1. The van der Waals surface area contributed by atoms with Gasteiger partial charge in [0, 0.05) is 24.4 Å². The number of piperidine rings is 1. The van der Waals surface area contributed by atoms with E-state index in [0.29, 0.717) is 12.5 Å². The van der Waals surface area contributed by atoms with Gasteiger partial charge in [-0.3, -0.25) is 0 Å². The molecule has 0 radical (unpaired) electrons. The van der Waals surface area contributed by atoms with Crippen LogP contribution in [-0.2, 0) is 0 Å². The van der Waals surface area contributed by atoms with Gasteiger partial charge in [0.2, 0.25) is 0 Å². The minimum atomic E-state index is 0.125. The van der Waals surface area contributed by atoms with Crippen LogP contribution < -0.4 is 4.90 Å². The number of anilines is 1. The molecule has 19 heavy (non-hydrogen) atoms. The first-order chi connectivity index (χ1) is 8.98. The standard InChI is InChI=1S/C17H27NO/c1-13-7-5-9-16(14(13)2)18-11-6-8-15(10-12-19)17(18,3)4/h5,7,9,15,19H,6,8,10-12H2,1-4H3. The van der Waals surface area contributed by atoms with E-state index in [9.17, 15) is 5.11 Å². The van der Waals surface area contributed by atoms with Crippen molar-refractivity contribution < 1.29 is 5.11 Å². The molecule has 1 aromatic rings. The summed E-state index contributed by atoms with van der Waals surface area (Å²) in [5.41, 5.74) is 4.24. The molecular formula is C17H27NO. The van der Waals surface area contributed by atoms with Gasteiger partial charge >= 0.3 is 0 Å². The zero-order chi connectivity index (χ0) is 14.0. The van der Waals surface area contributed by atoms with Crippen molar-refractivity contribution in [2.75, 3.05) is 18.1 Å². The fourth-order valence-corrected chi connectivity index (χ4v) is 3.47. The van der Waals surface area contributed by atoms with Gasteiger partial charge in [0.25, 0.3) is 0 Å². The number of nitrogens with zero attached hydrogens (tertiary/aromatic N) is 1. The van der Waals surface area contributed by atoms with E-state index in [-0.39, 0.29) is 5.54 Å². The summed E-state index contributed by atoms with van der Waals surface area (Å²) in [6.07, 6.45) is 3.37. The van der Waals surface area contributed by atoms with Gasteiger partial charge in [-0.2, -0.15) is 0 Å². The van der Waals surface area contributed by atoms with Gasteiger partial charge in [0.1, 0.15) is 0 Å². The first-order valence-electron chi connectivity index (χ1n) is 7.43. The maximum Gasteiger partial charge on any atom is 0.0434 e. The van der Waals surface area contributed by atoms with Crippen LogP contribution in [0.15, 0.2) is 18.2 Å². The van der Waals surface area contributed by atoms with Crippen LogP contribution in [0.1, 0.15) is 44.2 Å². The summed E-state index contributed by atoms with van der Waals surface area (Å²) in [6, 6.07) is 6.58. The highest BCUT2D eigenvalue weighted by atomic mass is 16.3. The van der Waals surface area contributed by atoms with E-state index in [1.54, 1.807) is 0 Å². The topological polar surface area (TPSA) is 23.5 Å². The summed E-state index contributed by atoms with van der Waals surface area (Å²) in [6.45, 7) is 10.5. The highest BCUT2D eigenvalue weighted by Crippen LogP contribution is 2.40. The van der Waals surface area contributed by atoms with Crippen molar-refractivity contribution in [2.45, 2.75) is 52.5 Å². The number of hydrogen-bond donors (Lipinski definition) is 1. The third-order valence-electron chi connectivity index (χ3n) is 4.97. The molecule has 0 saturated carbocycles. The van der Waals surface area contributed by atoms with E-state index in [2.05, 4.69) is 50.8 Å². The molecule has 0 aromatic heterocycles. The van der Waals surface area contributed by atoms with Crippen LogP contribution in [-0.4, -0.2) is 23.8 Å². The number of aliphatic hydroxyl groups is 1. The van der Waals surface area contributed by atoms with Gasteiger partial charge in [-0.25, -0.2) is 0 Å². The van der Waals surface area contributed by atoms with Gasteiger partial charge in [0.15, 0.2) is 0 Å². The van der Waals surface area contributed by atoms with Gasteiger partial charge in [-0.05, 0) is 70.1 Å². The van der Waals surface area contributed by atoms with E-state index in [1.807, 2.05) is 0 Å². The van der Waals surface area contributed by atoms with Crippen LogP contribution in [0.3, 0.4) is 0 Å². The van der Waals surface area contributed by atoms with Crippen LogP contribution in [0.2, 0.25) is 0 Å². The lowest BCUT2D eigenvalue weighted by Gasteiger charge is -2.50. The Bertz CT molecular complexity index is 437. The molecule has 1 heterocycles. The predicted molar refractivity (Wildman–Crippen MR) is 81.8 cm³/mol. The minimum Gasteiger partial charge on any atom is -0.396 e. The maximum atomic E-state index is 9.29. The third-order valence-corrected chi connectivity index (χ3v) is 4.97. The van der Waals surface area contributed by atoms with Gasteiger partial charge in [-0.1, -0.05) is 12.1 Å². The van der Waals surface area contributed by atoms with Gasteiger partial charge < -0.3 is 10.0 Å². The normalized spacial score (nSPS) is 22.6. The predicted octanol–water partition coefficient (Wildman–Crippen LogP) is 3.68. The molecule has 0 spiro atoms. The summed E-state index contributed by atoms with van der Waals surface area (Å²) in [5, 5.41) is 9.29. The molecule has 106 valence electrons. The summed E-state index contributed by atoms with van der Waals surface area (Å²) in [5.74, 6) is 0.575. The first kappa shape index (κ1) is 14.4. The fraction of sp³-hybridized carbons (Fsp3) is 0.647. The van der Waals surface area contributed by atoms with Crippen LogP contribution in [0, 0.1) is 19.8 Å². The molecule has 1 saturated heterocycles. The van der Waals surface area contributed by atoms with Crippen molar-refractivity contribution in [1.29, 1.82) is 0 Å². The number of aliphatic hydroxyl groups excluding tert-OH is 1. The van der Waals surface area contributed by atoms with E-state index in [4.69, 9.17) is 0 Å². The van der Waals surface area contributed by atoms with E-state index < -0.39 is 0 Å². The zero-order valence-electron chi connectivity index (χ0n) is 12.7. The van der Waals surface area contributed by atoms with Gasteiger partial charge in [-0.15, -0.1) is 0 Å². The molecule has 0 bridgehead atoms. The molecular weight excluding hydrogens is 234 g/mol. The lowest BCUT2D eigenvalue weighted by molar-refractivity contribution is 0.176. The van der Waals surface area contributed by atoms with Crippen LogP contribution in [0.5, 0.6) is 0 Å². The highest BCUT2D eigenvalue weighted by molar-refractivity contribution is 5.58. The van der Waals surface area contributed by atoms with Crippen LogP contribution in [0.4, 0.5) is 5.69 Å². The number of benzene rings is 1. The van der Waals surface area contributed by atoms with Crippen molar-refractivity contribution in [3.63, 3.8) is 0 Å². The Morgan fingerprint density at radius 3 is 2.74 bits per heavy atom. The molecule has 2 heteroatoms. The van der Waals surface area contributed by atoms with Gasteiger partial charge in [0.05, 0.1) is 0 Å². The Kier molecular flexibility index (Phi) is 4.19. The monoisotopic (exact) mass is 261 g/mol. The SMILES string of the molecule is Cc1cccc(N2CCCC(CCO)C2(C)C)c1C. The van der Waals surface area contributed by atoms with E-state index >= 15 is 0 Å². The summed E-state index contributed by atoms with van der Waals surface area (Å²) in [4.78, 5) is 2.55. The number of rotatable bonds is 3. The summed E-state index contributed by atoms with van der Waals surface area (Å²) < 4.78 is 0. The average molecular weight is 261 g/mol. The average Bonchev–Trinajstić information content (AvgIpc) is 2.36. The van der Waals surface area contributed by atoms with Crippen LogP contribution >= 0.6 is 0 Å². The molecule has 1 N–H and O–H groups in total.